The maximum atomic E-state index is 12.2. The Bertz CT molecular complexity index is 425. The Morgan fingerprint density at radius 2 is 2.10 bits per heavy atom. The van der Waals surface area contributed by atoms with Crippen molar-refractivity contribution in [1.82, 2.24) is 10.2 Å². The lowest BCUT2D eigenvalue weighted by Crippen LogP contribution is -2.44. The number of likely N-dealkylation sites (N-methyl/N-ethyl adjacent to an activating group) is 1. The Balaban J connectivity index is 1.83. The van der Waals surface area contributed by atoms with Crippen LogP contribution < -0.4 is 10.1 Å². The summed E-state index contributed by atoms with van der Waals surface area (Å²) in [4.78, 5) is 14.0. The fourth-order valence-corrected chi connectivity index (χ4v) is 2.57. The average molecular weight is 276 g/mol. The van der Waals surface area contributed by atoms with Gasteiger partial charge in [0.1, 0.15) is 5.75 Å². The molecule has 0 aliphatic carbocycles. The minimum absolute atomic E-state index is 0.169. The molecule has 1 atom stereocenters. The van der Waals surface area contributed by atoms with E-state index >= 15 is 0 Å². The van der Waals surface area contributed by atoms with Crippen LogP contribution in [-0.4, -0.2) is 44.1 Å². The van der Waals surface area contributed by atoms with Gasteiger partial charge in [-0.05, 0) is 37.1 Å². The molecule has 1 saturated heterocycles. The van der Waals surface area contributed by atoms with Crippen LogP contribution in [-0.2, 0) is 11.2 Å². The molecule has 20 heavy (non-hydrogen) atoms. The zero-order chi connectivity index (χ0) is 14.4. The van der Waals surface area contributed by atoms with Gasteiger partial charge in [0, 0.05) is 19.6 Å². The number of hydrogen-bond acceptors (Lipinski definition) is 3. The highest BCUT2D eigenvalue weighted by molar-refractivity contribution is 5.78. The second kappa shape index (κ2) is 7.29. The zero-order valence-electron chi connectivity index (χ0n) is 12.4. The molecule has 110 valence electrons. The van der Waals surface area contributed by atoms with Crippen molar-refractivity contribution in [3.8, 4) is 5.75 Å². The highest BCUT2D eigenvalue weighted by Crippen LogP contribution is 2.13. The lowest BCUT2D eigenvalue weighted by Gasteiger charge is -2.28. The Morgan fingerprint density at radius 1 is 1.35 bits per heavy atom. The number of methoxy groups -OCH3 is 1. The van der Waals surface area contributed by atoms with Crippen LogP contribution in [0.25, 0.3) is 0 Å². The highest BCUT2D eigenvalue weighted by atomic mass is 16.5. The quantitative estimate of drug-likeness (QED) is 0.892. The minimum Gasteiger partial charge on any atom is -0.497 e. The molecular formula is C16H24N2O2. The number of benzene rings is 1. The second-order valence-corrected chi connectivity index (χ2v) is 5.45. The Morgan fingerprint density at radius 3 is 2.70 bits per heavy atom. The van der Waals surface area contributed by atoms with Crippen molar-refractivity contribution in [2.24, 2.45) is 0 Å². The Hall–Kier alpha value is -1.55. The summed E-state index contributed by atoms with van der Waals surface area (Å²) in [5, 5.41) is 3.47. The highest BCUT2D eigenvalue weighted by Gasteiger charge is 2.17. The molecule has 1 aliphatic heterocycles. The predicted octanol–water partition coefficient (Wildman–Crippen LogP) is 1.84. The van der Waals surface area contributed by atoms with Crippen LogP contribution in [0.3, 0.4) is 0 Å². The van der Waals surface area contributed by atoms with Gasteiger partial charge in [-0.25, -0.2) is 0 Å². The monoisotopic (exact) mass is 276 g/mol. The number of carbonyl (C=O) groups excluding carboxylic acids is 1. The zero-order valence-corrected chi connectivity index (χ0v) is 12.4. The van der Waals surface area contributed by atoms with Crippen LogP contribution in [0.4, 0.5) is 0 Å². The molecule has 1 aliphatic rings. The van der Waals surface area contributed by atoms with Crippen molar-refractivity contribution < 1.29 is 9.53 Å². The largest absolute Gasteiger partial charge is 0.497 e. The fourth-order valence-electron chi connectivity index (χ4n) is 2.57. The molecule has 1 aromatic rings. The average Bonchev–Trinajstić information content (AvgIpc) is 2.49. The number of piperidine rings is 1. The van der Waals surface area contributed by atoms with E-state index in [9.17, 15) is 4.79 Å². The number of nitrogens with one attached hydrogen (secondary N) is 1. The van der Waals surface area contributed by atoms with Gasteiger partial charge < -0.3 is 15.0 Å². The van der Waals surface area contributed by atoms with Crippen LogP contribution in [0.2, 0.25) is 0 Å². The summed E-state index contributed by atoms with van der Waals surface area (Å²) in [7, 11) is 3.53. The first-order chi connectivity index (χ1) is 9.69. The molecule has 2 rings (SSSR count). The van der Waals surface area contributed by atoms with Gasteiger partial charge in [0.05, 0.1) is 13.5 Å². The van der Waals surface area contributed by atoms with Gasteiger partial charge >= 0.3 is 0 Å². The molecule has 1 heterocycles. The maximum absolute atomic E-state index is 12.2. The summed E-state index contributed by atoms with van der Waals surface area (Å²) in [5.74, 6) is 0.989. The third-order valence-corrected chi connectivity index (χ3v) is 3.85. The van der Waals surface area contributed by atoms with E-state index < -0.39 is 0 Å². The number of amides is 1. The van der Waals surface area contributed by atoms with E-state index in [0.717, 1.165) is 24.4 Å². The molecular weight excluding hydrogens is 252 g/mol. The first-order valence-corrected chi connectivity index (χ1v) is 7.29. The van der Waals surface area contributed by atoms with Crippen LogP contribution >= 0.6 is 0 Å². The fraction of sp³-hybridized carbons (Fsp3) is 0.562. The summed E-state index contributed by atoms with van der Waals surface area (Å²) in [5.41, 5.74) is 1.03. The first-order valence-electron chi connectivity index (χ1n) is 7.29. The number of ether oxygens (including phenoxy) is 1. The second-order valence-electron chi connectivity index (χ2n) is 5.45. The number of rotatable bonds is 5. The van der Waals surface area contributed by atoms with Crippen molar-refractivity contribution in [2.45, 2.75) is 31.7 Å². The SMILES string of the molecule is COc1ccc(CC(=O)N(C)CC2CCCCN2)cc1. The summed E-state index contributed by atoms with van der Waals surface area (Å²) in [6, 6.07) is 8.14. The molecule has 0 radical (unpaired) electrons. The van der Waals surface area contributed by atoms with E-state index in [4.69, 9.17) is 4.74 Å². The Labute approximate surface area is 121 Å². The van der Waals surface area contributed by atoms with Crippen molar-refractivity contribution in [3.63, 3.8) is 0 Å². The van der Waals surface area contributed by atoms with Crippen molar-refractivity contribution in [1.29, 1.82) is 0 Å². The molecule has 1 amide bonds. The number of hydrogen-bond donors (Lipinski definition) is 1. The van der Waals surface area contributed by atoms with Gasteiger partial charge in [0.15, 0.2) is 0 Å². The molecule has 0 aromatic heterocycles. The smallest absolute Gasteiger partial charge is 0.226 e. The van der Waals surface area contributed by atoms with Gasteiger partial charge in [-0.3, -0.25) is 4.79 Å². The van der Waals surface area contributed by atoms with Crippen molar-refractivity contribution in [3.05, 3.63) is 29.8 Å². The number of carbonyl (C=O) groups is 1. The van der Waals surface area contributed by atoms with E-state index in [2.05, 4.69) is 5.32 Å². The molecule has 0 spiro atoms. The topological polar surface area (TPSA) is 41.6 Å². The van der Waals surface area contributed by atoms with Gasteiger partial charge in [0.2, 0.25) is 5.91 Å². The summed E-state index contributed by atoms with van der Waals surface area (Å²) < 4.78 is 5.12. The van der Waals surface area contributed by atoms with Crippen LogP contribution in [0.15, 0.2) is 24.3 Å². The van der Waals surface area contributed by atoms with Gasteiger partial charge in [-0.15, -0.1) is 0 Å². The van der Waals surface area contributed by atoms with E-state index in [0.29, 0.717) is 12.5 Å². The van der Waals surface area contributed by atoms with Crippen molar-refractivity contribution >= 4 is 5.91 Å². The maximum Gasteiger partial charge on any atom is 0.226 e. The molecule has 1 unspecified atom stereocenters. The standard InChI is InChI=1S/C16H24N2O2/c1-18(12-14-5-3-4-10-17-14)16(19)11-13-6-8-15(20-2)9-7-13/h6-9,14,17H,3-5,10-12H2,1-2H3. The predicted molar refractivity (Wildman–Crippen MR) is 80.0 cm³/mol. The molecule has 0 saturated carbocycles. The molecule has 1 fully saturated rings. The molecule has 1 N–H and O–H groups in total. The van der Waals surface area contributed by atoms with Gasteiger partial charge in [0.25, 0.3) is 0 Å². The van der Waals surface area contributed by atoms with Crippen LogP contribution in [0, 0.1) is 0 Å². The third kappa shape index (κ3) is 4.23. The van der Waals surface area contributed by atoms with Crippen LogP contribution in [0.5, 0.6) is 5.75 Å². The number of nitrogens with zero attached hydrogens (tertiary/aromatic N) is 1. The summed E-state index contributed by atoms with van der Waals surface area (Å²) in [6.07, 6.45) is 4.13. The third-order valence-electron chi connectivity index (χ3n) is 3.85. The van der Waals surface area contributed by atoms with E-state index in [1.165, 1.54) is 19.3 Å². The van der Waals surface area contributed by atoms with Gasteiger partial charge in [-0.1, -0.05) is 18.6 Å². The van der Waals surface area contributed by atoms with E-state index in [-0.39, 0.29) is 5.91 Å². The lowest BCUT2D eigenvalue weighted by molar-refractivity contribution is -0.129. The molecule has 4 nitrogen and oxygen atoms in total. The Kier molecular flexibility index (Phi) is 5.41. The summed E-state index contributed by atoms with van der Waals surface area (Å²) >= 11 is 0. The molecule has 0 bridgehead atoms. The minimum atomic E-state index is 0.169. The first kappa shape index (κ1) is 14.9. The van der Waals surface area contributed by atoms with E-state index in [1.54, 1.807) is 7.11 Å². The normalized spacial score (nSPS) is 18.6. The van der Waals surface area contributed by atoms with Gasteiger partial charge in [-0.2, -0.15) is 0 Å². The molecule has 1 aromatic carbocycles. The lowest BCUT2D eigenvalue weighted by atomic mass is 10.0. The van der Waals surface area contributed by atoms with E-state index in [1.807, 2.05) is 36.2 Å². The van der Waals surface area contributed by atoms with Crippen LogP contribution in [0.1, 0.15) is 24.8 Å². The summed E-state index contributed by atoms with van der Waals surface area (Å²) in [6.45, 7) is 1.88. The molecule has 4 heteroatoms. The van der Waals surface area contributed by atoms with Crippen molar-refractivity contribution in [2.75, 3.05) is 27.2 Å².